The fraction of sp³-hybridized carbons (Fsp3) is 0.409. The molecule has 1 saturated carbocycles. The van der Waals surface area contributed by atoms with E-state index in [4.69, 9.17) is 0 Å². The van der Waals surface area contributed by atoms with Gasteiger partial charge in [-0.3, -0.25) is 4.79 Å². The molecule has 0 atom stereocenters. The Morgan fingerprint density at radius 1 is 0.929 bits per heavy atom. The Balaban J connectivity index is 1.51. The summed E-state index contributed by atoms with van der Waals surface area (Å²) in [6.07, 6.45) is 4.24. The minimum atomic E-state index is -3.70. The molecule has 2 aromatic carbocycles. The van der Waals surface area contributed by atoms with Crippen LogP contribution in [0.5, 0.6) is 0 Å². The molecule has 1 aliphatic heterocycles. The van der Waals surface area contributed by atoms with Gasteiger partial charge in [-0.15, -0.1) is 0 Å². The van der Waals surface area contributed by atoms with Gasteiger partial charge in [0.05, 0.1) is 4.90 Å². The standard InChI is InChI=1S/C22H26N2O3S/c25-22(18-6-2-1-3-7-18)20-8-4-5-9-21(20)28(26,27)24-14-12-19(13-15-24)23-16-17-10-11-17/h1-9,17,19,23H,10-16H2. The summed E-state index contributed by atoms with van der Waals surface area (Å²) in [6, 6.07) is 15.7. The highest BCUT2D eigenvalue weighted by Crippen LogP contribution is 2.29. The second-order valence-corrected chi connectivity index (χ2v) is 9.63. The van der Waals surface area contributed by atoms with Crippen LogP contribution in [0.25, 0.3) is 0 Å². The van der Waals surface area contributed by atoms with Crippen molar-refractivity contribution in [2.75, 3.05) is 19.6 Å². The first-order chi connectivity index (χ1) is 13.6. The number of sulfonamides is 1. The third kappa shape index (κ3) is 4.19. The molecule has 0 amide bonds. The fourth-order valence-electron chi connectivity index (χ4n) is 3.72. The number of hydrogen-bond acceptors (Lipinski definition) is 4. The van der Waals surface area contributed by atoms with Gasteiger partial charge >= 0.3 is 0 Å². The Kier molecular flexibility index (Phi) is 5.62. The summed E-state index contributed by atoms with van der Waals surface area (Å²) >= 11 is 0. The Labute approximate surface area is 166 Å². The first-order valence-corrected chi connectivity index (χ1v) is 11.4. The molecule has 1 N–H and O–H groups in total. The molecule has 0 aromatic heterocycles. The zero-order valence-electron chi connectivity index (χ0n) is 15.9. The summed E-state index contributed by atoms with van der Waals surface area (Å²) in [4.78, 5) is 13.0. The number of carbonyl (C=O) groups excluding carboxylic acids is 1. The van der Waals surface area contributed by atoms with Crippen LogP contribution in [0.1, 0.15) is 41.6 Å². The predicted octanol–water partition coefficient (Wildman–Crippen LogP) is 3.07. The topological polar surface area (TPSA) is 66.5 Å². The molecule has 0 bridgehead atoms. The molecule has 1 aliphatic carbocycles. The van der Waals surface area contributed by atoms with Gasteiger partial charge in [-0.05, 0) is 50.3 Å². The van der Waals surface area contributed by atoms with Crippen molar-refractivity contribution < 1.29 is 13.2 Å². The van der Waals surface area contributed by atoms with Crippen molar-refractivity contribution in [1.82, 2.24) is 9.62 Å². The lowest BCUT2D eigenvalue weighted by molar-refractivity contribution is 0.103. The van der Waals surface area contributed by atoms with Crippen molar-refractivity contribution in [2.45, 2.75) is 36.6 Å². The number of hydrogen-bond donors (Lipinski definition) is 1. The molecule has 0 spiro atoms. The number of piperidine rings is 1. The second kappa shape index (κ2) is 8.15. The van der Waals surface area contributed by atoms with E-state index >= 15 is 0 Å². The maximum absolute atomic E-state index is 13.3. The first-order valence-electron chi connectivity index (χ1n) is 9.98. The Morgan fingerprint density at radius 3 is 2.25 bits per heavy atom. The van der Waals surface area contributed by atoms with Crippen molar-refractivity contribution in [1.29, 1.82) is 0 Å². The molecule has 0 unspecified atom stereocenters. The summed E-state index contributed by atoms with van der Waals surface area (Å²) in [5.41, 5.74) is 0.732. The van der Waals surface area contributed by atoms with Crippen LogP contribution in [0.3, 0.4) is 0 Å². The van der Waals surface area contributed by atoms with Crippen LogP contribution in [0, 0.1) is 5.92 Å². The molecule has 6 heteroatoms. The third-order valence-electron chi connectivity index (χ3n) is 5.63. The van der Waals surface area contributed by atoms with E-state index in [-0.39, 0.29) is 16.2 Å². The molecule has 1 saturated heterocycles. The molecule has 2 fully saturated rings. The SMILES string of the molecule is O=C(c1ccccc1)c1ccccc1S(=O)(=O)N1CCC(NCC2CC2)CC1. The summed E-state index contributed by atoms with van der Waals surface area (Å²) in [6.45, 7) is 2.02. The fourth-order valence-corrected chi connectivity index (χ4v) is 5.38. The Bertz CT molecular complexity index is 931. The van der Waals surface area contributed by atoms with E-state index < -0.39 is 10.0 Å². The van der Waals surface area contributed by atoms with Gasteiger partial charge in [-0.25, -0.2) is 8.42 Å². The van der Waals surface area contributed by atoms with Crippen LogP contribution in [0.2, 0.25) is 0 Å². The van der Waals surface area contributed by atoms with Gasteiger partial charge in [0.25, 0.3) is 0 Å². The quantitative estimate of drug-likeness (QED) is 0.728. The number of ketones is 1. The number of nitrogens with zero attached hydrogens (tertiary/aromatic N) is 1. The normalized spacial score (nSPS) is 18.9. The van der Waals surface area contributed by atoms with Gasteiger partial charge in [-0.2, -0.15) is 4.31 Å². The minimum absolute atomic E-state index is 0.105. The lowest BCUT2D eigenvalue weighted by Gasteiger charge is -2.32. The summed E-state index contributed by atoms with van der Waals surface area (Å²) in [5, 5.41) is 3.57. The zero-order chi connectivity index (χ0) is 19.6. The van der Waals surface area contributed by atoms with Gasteiger partial charge in [-0.1, -0.05) is 42.5 Å². The van der Waals surface area contributed by atoms with Crippen LogP contribution in [-0.2, 0) is 10.0 Å². The number of nitrogens with one attached hydrogen (secondary N) is 1. The van der Waals surface area contributed by atoms with Crippen LogP contribution >= 0.6 is 0 Å². The lowest BCUT2D eigenvalue weighted by Crippen LogP contribution is -2.45. The smallest absolute Gasteiger partial charge is 0.243 e. The maximum Gasteiger partial charge on any atom is 0.243 e. The second-order valence-electron chi connectivity index (χ2n) is 7.72. The molecule has 2 aromatic rings. The molecule has 2 aliphatic rings. The molecule has 4 rings (SSSR count). The van der Waals surface area contributed by atoms with E-state index in [1.165, 1.54) is 17.1 Å². The Morgan fingerprint density at radius 2 is 1.57 bits per heavy atom. The summed E-state index contributed by atoms with van der Waals surface area (Å²) in [5.74, 6) is 0.554. The minimum Gasteiger partial charge on any atom is -0.314 e. The van der Waals surface area contributed by atoms with E-state index in [1.807, 2.05) is 6.07 Å². The first kappa shape index (κ1) is 19.3. The molecule has 0 radical (unpaired) electrons. The largest absolute Gasteiger partial charge is 0.314 e. The van der Waals surface area contributed by atoms with Crippen molar-refractivity contribution in [2.24, 2.45) is 5.92 Å². The van der Waals surface area contributed by atoms with Crippen molar-refractivity contribution in [3.63, 3.8) is 0 Å². The number of carbonyl (C=O) groups is 1. The maximum atomic E-state index is 13.3. The highest BCUT2D eigenvalue weighted by Gasteiger charge is 2.32. The highest BCUT2D eigenvalue weighted by atomic mass is 32.2. The number of benzene rings is 2. The van der Waals surface area contributed by atoms with Gasteiger partial charge in [0.1, 0.15) is 0 Å². The van der Waals surface area contributed by atoms with Crippen LogP contribution in [0.15, 0.2) is 59.5 Å². The van der Waals surface area contributed by atoms with Crippen LogP contribution in [0.4, 0.5) is 0 Å². The molecular weight excluding hydrogens is 372 g/mol. The lowest BCUT2D eigenvalue weighted by atomic mass is 10.0. The Hall–Kier alpha value is -2.02. The van der Waals surface area contributed by atoms with Crippen molar-refractivity contribution in [3.8, 4) is 0 Å². The average Bonchev–Trinajstić information content (AvgIpc) is 3.57. The van der Waals surface area contributed by atoms with Crippen LogP contribution in [-0.4, -0.2) is 44.2 Å². The van der Waals surface area contributed by atoms with E-state index in [0.717, 1.165) is 25.3 Å². The summed E-state index contributed by atoms with van der Waals surface area (Å²) in [7, 11) is -3.70. The molecule has 148 valence electrons. The third-order valence-corrected chi connectivity index (χ3v) is 7.59. The van der Waals surface area contributed by atoms with E-state index in [1.54, 1.807) is 48.5 Å². The zero-order valence-corrected chi connectivity index (χ0v) is 16.7. The van der Waals surface area contributed by atoms with Crippen LogP contribution < -0.4 is 5.32 Å². The van der Waals surface area contributed by atoms with E-state index in [9.17, 15) is 13.2 Å². The monoisotopic (exact) mass is 398 g/mol. The van der Waals surface area contributed by atoms with Gasteiger partial charge in [0.2, 0.25) is 10.0 Å². The van der Waals surface area contributed by atoms with E-state index in [0.29, 0.717) is 24.7 Å². The summed E-state index contributed by atoms with van der Waals surface area (Å²) < 4.78 is 28.1. The highest BCUT2D eigenvalue weighted by molar-refractivity contribution is 7.89. The van der Waals surface area contributed by atoms with Crippen molar-refractivity contribution >= 4 is 15.8 Å². The van der Waals surface area contributed by atoms with Gasteiger partial charge < -0.3 is 5.32 Å². The number of rotatable bonds is 7. The predicted molar refractivity (Wildman–Crippen MR) is 109 cm³/mol. The van der Waals surface area contributed by atoms with Gasteiger partial charge in [0, 0.05) is 30.3 Å². The molecule has 28 heavy (non-hydrogen) atoms. The molecular formula is C22H26N2O3S. The molecule has 5 nitrogen and oxygen atoms in total. The molecule has 1 heterocycles. The van der Waals surface area contributed by atoms with Gasteiger partial charge in [0.15, 0.2) is 5.78 Å². The van der Waals surface area contributed by atoms with Crippen molar-refractivity contribution in [3.05, 3.63) is 65.7 Å². The average molecular weight is 399 g/mol. The van der Waals surface area contributed by atoms with E-state index in [2.05, 4.69) is 5.32 Å².